The second kappa shape index (κ2) is 9.72. The summed E-state index contributed by atoms with van der Waals surface area (Å²) >= 11 is 6.17. The average molecular weight is 426 g/mol. The van der Waals surface area contributed by atoms with Gasteiger partial charge in [-0.3, -0.25) is 0 Å². The Bertz CT molecular complexity index is 1080. The number of benzene rings is 2. The number of hydrogen-bond acceptors (Lipinski definition) is 7. The molecule has 3 aromatic rings. The van der Waals surface area contributed by atoms with Crippen LogP contribution in [0.2, 0.25) is 5.02 Å². The van der Waals surface area contributed by atoms with Crippen LogP contribution in [0, 0.1) is 11.3 Å². The molecular formula is C22H20ClN3O4. The minimum atomic E-state index is 0.159. The molecule has 0 atom stereocenters. The molecule has 0 bridgehead atoms. The molecule has 0 amide bonds. The van der Waals surface area contributed by atoms with Crippen molar-refractivity contribution >= 4 is 29.6 Å². The van der Waals surface area contributed by atoms with E-state index in [4.69, 9.17) is 30.2 Å². The molecule has 1 aromatic heterocycles. The topological polar surface area (TPSA) is 89.5 Å². The SMILES string of the molecule is COc1cc(C=Cc2nc(C#N)c(NCc3ccccc3Cl)o2)cc(OC)c1OC. The van der Waals surface area contributed by atoms with Gasteiger partial charge in [0.1, 0.15) is 6.07 Å². The lowest BCUT2D eigenvalue weighted by atomic mass is 10.1. The summed E-state index contributed by atoms with van der Waals surface area (Å²) in [6.45, 7) is 0.402. The van der Waals surface area contributed by atoms with E-state index in [9.17, 15) is 5.26 Å². The minimum absolute atomic E-state index is 0.159. The van der Waals surface area contributed by atoms with Gasteiger partial charge >= 0.3 is 0 Å². The van der Waals surface area contributed by atoms with Gasteiger partial charge in [-0.25, -0.2) is 0 Å². The summed E-state index contributed by atoms with van der Waals surface area (Å²) in [7, 11) is 4.65. The van der Waals surface area contributed by atoms with Gasteiger partial charge in [-0.05, 0) is 35.4 Å². The van der Waals surface area contributed by atoms with Crippen LogP contribution in [-0.2, 0) is 6.54 Å². The first-order chi connectivity index (χ1) is 14.6. The van der Waals surface area contributed by atoms with E-state index >= 15 is 0 Å². The van der Waals surface area contributed by atoms with Crippen LogP contribution in [0.1, 0.15) is 22.7 Å². The van der Waals surface area contributed by atoms with Gasteiger partial charge in [0.25, 0.3) is 0 Å². The van der Waals surface area contributed by atoms with Crippen molar-refractivity contribution in [1.29, 1.82) is 5.26 Å². The Hall–Kier alpha value is -3.63. The maximum absolute atomic E-state index is 9.35. The van der Waals surface area contributed by atoms with Crippen molar-refractivity contribution in [3.63, 3.8) is 0 Å². The Kier molecular flexibility index (Phi) is 6.83. The largest absolute Gasteiger partial charge is 0.493 e. The molecular weight excluding hydrogens is 406 g/mol. The third kappa shape index (κ3) is 4.67. The Morgan fingerprint density at radius 3 is 2.40 bits per heavy atom. The standard InChI is InChI=1S/C22H20ClN3O4/c1-27-18-10-14(11-19(28-2)21(18)29-3)8-9-20-26-17(12-24)22(30-20)25-13-15-6-4-5-7-16(15)23/h4-11,25H,13H2,1-3H3. The number of nitrogens with one attached hydrogen (secondary N) is 1. The third-order valence-electron chi connectivity index (χ3n) is 4.25. The Balaban J connectivity index is 1.81. The summed E-state index contributed by atoms with van der Waals surface area (Å²) in [4.78, 5) is 4.20. The van der Waals surface area contributed by atoms with Gasteiger partial charge < -0.3 is 23.9 Å². The fourth-order valence-corrected chi connectivity index (χ4v) is 2.99. The quantitative estimate of drug-likeness (QED) is 0.542. The van der Waals surface area contributed by atoms with Gasteiger partial charge in [-0.15, -0.1) is 0 Å². The molecule has 1 N–H and O–H groups in total. The number of nitriles is 1. The summed E-state index contributed by atoms with van der Waals surface area (Å²) < 4.78 is 21.7. The van der Waals surface area contributed by atoms with Crippen molar-refractivity contribution in [2.45, 2.75) is 6.54 Å². The highest BCUT2D eigenvalue weighted by Gasteiger charge is 2.14. The Morgan fingerprint density at radius 1 is 1.10 bits per heavy atom. The minimum Gasteiger partial charge on any atom is -0.493 e. The van der Waals surface area contributed by atoms with Crippen LogP contribution >= 0.6 is 11.6 Å². The van der Waals surface area contributed by atoms with Crippen molar-refractivity contribution in [1.82, 2.24) is 4.98 Å². The normalized spacial score (nSPS) is 10.6. The molecule has 0 aliphatic rings. The first-order valence-corrected chi connectivity index (χ1v) is 9.33. The summed E-state index contributed by atoms with van der Waals surface area (Å²) in [5.74, 6) is 2.13. The second-order valence-electron chi connectivity index (χ2n) is 6.08. The monoisotopic (exact) mass is 425 g/mol. The first kappa shape index (κ1) is 21.1. The molecule has 3 rings (SSSR count). The van der Waals surface area contributed by atoms with Gasteiger partial charge in [0.05, 0.1) is 21.3 Å². The number of methoxy groups -OCH3 is 3. The van der Waals surface area contributed by atoms with Gasteiger partial charge in [0.15, 0.2) is 11.5 Å². The van der Waals surface area contributed by atoms with E-state index in [1.54, 1.807) is 51.7 Å². The summed E-state index contributed by atoms with van der Waals surface area (Å²) in [5.41, 5.74) is 1.83. The number of anilines is 1. The zero-order chi connectivity index (χ0) is 21.5. The zero-order valence-electron chi connectivity index (χ0n) is 16.7. The predicted octanol–water partition coefficient (Wildman–Crippen LogP) is 5.01. The molecule has 0 saturated carbocycles. The highest BCUT2D eigenvalue weighted by Crippen LogP contribution is 2.38. The molecule has 7 nitrogen and oxygen atoms in total. The first-order valence-electron chi connectivity index (χ1n) is 8.96. The molecule has 0 radical (unpaired) electrons. The molecule has 154 valence electrons. The number of nitrogens with zero attached hydrogens (tertiary/aromatic N) is 2. The molecule has 0 fully saturated rings. The van der Waals surface area contributed by atoms with Crippen molar-refractivity contribution in [2.75, 3.05) is 26.6 Å². The lowest BCUT2D eigenvalue weighted by Gasteiger charge is -2.12. The fourth-order valence-electron chi connectivity index (χ4n) is 2.79. The zero-order valence-corrected chi connectivity index (χ0v) is 17.5. The summed E-state index contributed by atoms with van der Waals surface area (Å²) in [6, 6.07) is 13.1. The average Bonchev–Trinajstić information content (AvgIpc) is 3.18. The number of oxazole rings is 1. The Labute approximate surface area is 179 Å². The molecule has 1 heterocycles. The number of aromatic nitrogens is 1. The molecule has 2 aromatic carbocycles. The number of halogens is 1. The third-order valence-corrected chi connectivity index (χ3v) is 4.62. The van der Waals surface area contributed by atoms with E-state index in [0.29, 0.717) is 28.8 Å². The van der Waals surface area contributed by atoms with Crippen molar-refractivity contribution in [3.05, 3.63) is 64.1 Å². The van der Waals surface area contributed by atoms with Crippen LogP contribution < -0.4 is 19.5 Å². The van der Waals surface area contributed by atoms with E-state index in [-0.39, 0.29) is 17.5 Å². The van der Waals surface area contributed by atoms with E-state index in [1.165, 1.54) is 0 Å². The maximum atomic E-state index is 9.35. The molecule has 8 heteroatoms. The summed E-state index contributed by atoms with van der Waals surface area (Å²) in [6.07, 6.45) is 3.43. The van der Waals surface area contributed by atoms with E-state index < -0.39 is 0 Å². The Morgan fingerprint density at radius 2 is 1.80 bits per heavy atom. The van der Waals surface area contributed by atoms with Crippen molar-refractivity contribution < 1.29 is 18.6 Å². The fraction of sp³-hybridized carbons (Fsp3) is 0.182. The van der Waals surface area contributed by atoms with Gasteiger partial charge in [-0.2, -0.15) is 10.2 Å². The molecule has 30 heavy (non-hydrogen) atoms. The van der Waals surface area contributed by atoms with Crippen LogP contribution in [-0.4, -0.2) is 26.3 Å². The molecule has 0 saturated heterocycles. The van der Waals surface area contributed by atoms with Crippen LogP contribution in [0.3, 0.4) is 0 Å². The highest BCUT2D eigenvalue weighted by atomic mass is 35.5. The second-order valence-corrected chi connectivity index (χ2v) is 6.49. The molecule has 0 aliphatic heterocycles. The smallest absolute Gasteiger partial charge is 0.232 e. The van der Waals surface area contributed by atoms with E-state index in [0.717, 1.165) is 11.1 Å². The number of rotatable bonds is 8. The summed E-state index contributed by atoms with van der Waals surface area (Å²) in [5, 5.41) is 13.0. The predicted molar refractivity (Wildman–Crippen MR) is 115 cm³/mol. The highest BCUT2D eigenvalue weighted by molar-refractivity contribution is 6.31. The maximum Gasteiger partial charge on any atom is 0.232 e. The molecule has 0 spiro atoms. The lowest BCUT2D eigenvalue weighted by Crippen LogP contribution is -2.00. The molecule has 0 aliphatic carbocycles. The van der Waals surface area contributed by atoms with E-state index in [2.05, 4.69) is 10.3 Å². The van der Waals surface area contributed by atoms with Gasteiger partial charge in [0.2, 0.25) is 23.2 Å². The molecule has 0 unspecified atom stereocenters. The number of hydrogen-bond donors (Lipinski definition) is 1. The van der Waals surface area contributed by atoms with Crippen molar-refractivity contribution in [2.24, 2.45) is 0 Å². The van der Waals surface area contributed by atoms with Gasteiger partial charge in [-0.1, -0.05) is 29.8 Å². The van der Waals surface area contributed by atoms with Crippen LogP contribution in [0.25, 0.3) is 12.2 Å². The lowest BCUT2D eigenvalue weighted by molar-refractivity contribution is 0.324. The van der Waals surface area contributed by atoms with Crippen LogP contribution in [0.15, 0.2) is 40.8 Å². The van der Waals surface area contributed by atoms with Crippen LogP contribution in [0.5, 0.6) is 17.2 Å². The van der Waals surface area contributed by atoms with Gasteiger partial charge in [0, 0.05) is 17.6 Å². The van der Waals surface area contributed by atoms with E-state index in [1.807, 2.05) is 24.3 Å². The van der Waals surface area contributed by atoms with Crippen molar-refractivity contribution in [3.8, 4) is 23.3 Å². The van der Waals surface area contributed by atoms with Crippen LogP contribution in [0.4, 0.5) is 5.88 Å². The number of ether oxygens (including phenoxy) is 3.